The second-order valence-electron chi connectivity index (χ2n) is 6.68. The molecule has 0 radical (unpaired) electrons. The topological polar surface area (TPSA) is 84.3 Å². The van der Waals surface area contributed by atoms with Crippen molar-refractivity contribution in [3.63, 3.8) is 0 Å². The van der Waals surface area contributed by atoms with Gasteiger partial charge >= 0.3 is 0 Å². The number of hydrogen-bond donors (Lipinski definition) is 2. The van der Waals surface area contributed by atoms with Crippen LogP contribution in [0.15, 0.2) is 60.9 Å². The number of carbonyl (C=O) groups excluding carboxylic acids is 1. The van der Waals surface area contributed by atoms with Crippen LogP contribution in [-0.4, -0.2) is 21.0 Å². The Hall–Kier alpha value is -3.58. The molecule has 2 aromatic heterocycles. The highest BCUT2D eigenvalue weighted by molar-refractivity contribution is 5.91. The SMILES string of the molecule is Cc1nc(CNC(=O)/C=C/c2ccc(Oc3cccnc3)c(F)c2)ccc1C(C)O. The molecule has 0 aliphatic carbocycles. The monoisotopic (exact) mass is 407 g/mol. The van der Waals surface area contributed by atoms with E-state index in [4.69, 9.17) is 4.74 Å². The van der Waals surface area contributed by atoms with Crippen LogP contribution in [0.4, 0.5) is 4.39 Å². The number of carbonyl (C=O) groups is 1. The second-order valence-corrected chi connectivity index (χ2v) is 6.68. The van der Waals surface area contributed by atoms with E-state index in [-0.39, 0.29) is 18.2 Å². The van der Waals surface area contributed by atoms with Crippen molar-refractivity contribution in [2.75, 3.05) is 0 Å². The average Bonchev–Trinajstić information content (AvgIpc) is 2.73. The molecule has 1 atom stereocenters. The van der Waals surface area contributed by atoms with E-state index >= 15 is 0 Å². The minimum Gasteiger partial charge on any atom is -0.453 e. The number of halogens is 1. The number of hydrogen-bond acceptors (Lipinski definition) is 5. The van der Waals surface area contributed by atoms with Crippen molar-refractivity contribution in [1.29, 1.82) is 0 Å². The van der Waals surface area contributed by atoms with Gasteiger partial charge in [-0.15, -0.1) is 0 Å². The number of pyridine rings is 2. The van der Waals surface area contributed by atoms with E-state index in [9.17, 15) is 14.3 Å². The third kappa shape index (κ3) is 5.71. The normalized spacial score (nSPS) is 12.0. The zero-order valence-electron chi connectivity index (χ0n) is 16.7. The highest BCUT2D eigenvalue weighted by Gasteiger charge is 2.08. The third-order valence-corrected chi connectivity index (χ3v) is 4.32. The zero-order chi connectivity index (χ0) is 21.5. The van der Waals surface area contributed by atoms with E-state index in [1.54, 1.807) is 43.5 Å². The Kier molecular flexibility index (Phi) is 6.87. The fraction of sp³-hybridized carbons (Fsp3) is 0.174. The molecule has 6 nitrogen and oxygen atoms in total. The maximum atomic E-state index is 14.3. The summed E-state index contributed by atoms with van der Waals surface area (Å²) in [6.07, 6.45) is 5.34. The number of nitrogens with one attached hydrogen (secondary N) is 1. The molecule has 0 bridgehead atoms. The summed E-state index contributed by atoms with van der Waals surface area (Å²) in [6.45, 7) is 3.73. The first-order valence-corrected chi connectivity index (χ1v) is 9.40. The van der Waals surface area contributed by atoms with Gasteiger partial charge in [-0.25, -0.2) is 4.39 Å². The van der Waals surface area contributed by atoms with Crippen molar-refractivity contribution >= 4 is 12.0 Å². The van der Waals surface area contributed by atoms with Crippen molar-refractivity contribution in [2.24, 2.45) is 0 Å². The first kappa shape index (κ1) is 21.1. The summed E-state index contributed by atoms with van der Waals surface area (Å²) < 4.78 is 19.7. The smallest absolute Gasteiger partial charge is 0.244 e. The first-order valence-electron chi connectivity index (χ1n) is 9.40. The number of rotatable bonds is 7. The molecule has 0 saturated carbocycles. The fourth-order valence-electron chi connectivity index (χ4n) is 2.81. The molecule has 1 aromatic carbocycles. The molecule has 0 saturated heterocycles. The van der Waals surface area contributed by atoms with E-state index in [1.165, 1.54) is 30.5 Å². The van der Waals surface area contributed by atoms with Crippen molar-refractivity contribution < 1.29 is 19.0 Å². The van der Waals surface area contributed by atoms with Gasteiger partial charge in [-0.1, -0.05) is 12.1 Å². The summed E-state index contributed by atoms with van der Waals surface area (Å²) in [4.78, 5) is 20.3. The van der Waals surface area contributed by atoms with Crippen molar-refractivity contribution in [3.8, 4) is 11.5 Å². The summed E-state index contributed by atoms with van der Waals surface area (Å²) in [5.41, 5.74) is 2.68. The third-order valence-electron chi connectivity index (χ3n) is 4.32. The molecule has 0 fully saturated rings. The number of aromatic nitrogens is 2. The van der Waals surface area contributed by atoms with Gasteiger partial charge in [-0.3, -0.25) is 14.8 Å². The van der Waals surface area contributed by atoms with Gasteiger partial charge in [0, 0.05) is 23.5 Å². The molecule has 1 amide bonds. The molecule has 30 heavy (non-hydrogen) atoms. The van der Waals surface area contributed by atoms with E-state index < -0.39 is 11.9 Å². The van der Waals surface area contributed by atoms with E-state index in [0.29, 0.717) is 17.0 Å². The number of benzene rings is 1. The standard InChI is InChI=1S/C23H22FN3O3/c1-15-20(16(2)28)8-7-18(27-15)13-26-23(29)10-6-17-5-9-22(21(24)12-17)30-19-4-3-11-25-14-19/h3-12,14,16,28H,13H2,1-2H3,(H,26,29)/b10-6+. The highest BCUT2D eigenvalue weighted by Crippen LogP contribution is 2.24. The highest BCUT2D eigenvalue weighted by atomic mass is 19.1. The summed E-state index contributed by atoms with van der Waals surface area (Å²) in [6, 6.07) is 11.4. The van der Waals surface area contributed by atoms with Crippen molar-refractivity contribution in [3.05, 3.63) is 89.3 Å². The van der Waals surface area contributed by atoms with Crippen LogP contribution in [0.25, 0.3) is 6.08 Å². The molecule has 2 N–H and O–H groups in total. The summed E-state index contributed by atoms with van der Waals surface area (Å²) in [5.74, 6) is -0.361. The molecule has 0 aliphatic rings. The quantitative estimate of drug-likeness (QED) is 0.576. The van der Waals surface area contributed by atoms with E-state index in [2.05, 4.69) is 15.3 Å². The second kappa shape index (κ2) is 9.76. The number of aliphatic hydroxyl groups excluding tert-OH is 1. The summed E-state index contributed by atoms with van der Waals surface area (Å²) in [7, 11) is 0. The Balaban J connectivity index is 1.57. The van der Waals surface area contributed by atoms with Crippen molar-refractivity contribution in [2.45, 2.75) is 26.5 Å². The van der Waals surface area contributed by atoms with Gasteiger partial charge in [0.1, 0.15) is 5.75 Å². The predicted molar refractivity (Wildman–Crippen MR) is 111 cm³/mol. The minimum absolute atomic E-state index is 0.0756. The molecule has 1 unspecified atom stereocenters. The molecule has 7 heteroatoms. The lowest BCUT2D eigenvalue weighted by molar-refractivity contribution is -0.116. The maximum absolute atomic E-state index is 14.3. The number of aliphatic hydroxyl groups is 1. The van der Waals surface area contributed by atoms with Gasteiger partial charge in [0.2, 0.25) is 5.91 Å². The van der Waals surface area contributed by atoms with Crippen LogP contribution >= 0.6 is 0 Å². The molecule has 0 aliphatic heterocycles. The van der Waals surface area contributed by atoms with Crippen molar-refractivity contribution in [1.82, 2.24) is 15.3 Å². The number of aryl methyl sites for hydroxylation is 1. The van der Waals surface area contributed by atoms with E-state index in [0.717, 1.165) is 11.3 Å². The summed E-state index contributed by atoms with van der Waals surface area (Å²) >= 11 is 0. The molecule has 2 heterocycles. The Morgan fingerprint density at radius 3 is 2.80 bits per heavy atom. The number of ether oxygens (including phenoxy) is 1. The molecule has 3 rings (SSSR count). The lowest BCUT2D eigenvalue weighted by Crippen LogP contribution is -2.21. The van der Waals surface area contributed by atoms with Gasteiger partial charge in [0.15, 0.2) is 11.6 Å². The lowest BCUT2D eigenvalue weighted by atomic mass is 10.1. The average molecular weight is 407 g/mol. The molecular formula is C23H22FN3O3. The Morgan fingerprint density at radius 2 is 2.13 bits per heavy atom. The number of amides is 1. The van der Waals surface area contributed by atoms with Crippen LogP contribution in [0.5, 0.6) is 11.5 Å². The van der Waals surface area contributed by atoms with Gasteiger partial charge < -0.3 is 15.2 Å². The Labute approximate surface area is 174 Å². The van der Waals surface area contributed by atoms with Crippen LogP contribution in [0.2, 0.25) is 0 Å². The van der Waals surface area contributed by atoms with Gasteiger partial charge in [0.25, 0.3) is 0 Å². The van der Waals surface area contributed by atoms with Gasteiger partial charge in [0.05, 0.1) is 24.5 Å². The Morgan fingerprint density at radius 1 is 1.30 bits per heavy atom. The molecule has 154 valence electrons. The van der Waals surface area contributed by atoms with E-state index in [1.807, 2.05) is 6.92 Å². The maximum Gasteiger partial charge on any atom is 0.244 e. The fourth-order valence-corrected chi connectivity index (χ4v) is 2.81. The van der Waals surface area contributed by atoms with Crippen LogP contribution in [-0.2, 0) is 11.3 Å². The zero-order valence-corrected chi connectivity index (χ0v) is 16.7. The predicted octanol–water partition coefficient (Wildman–Crippen LogP) is 4.10. The molecule has 0 spiro atoms. The largest absolute Gasteiger partial charge is 0.453 e. The van der Waals surface area contributed by atoms with Crippen LogP contribution in [0.1, 0.15) is 35.5 Å². The molecular weight excluding hydrogens is 385 g/mol. The van der Waals surface area contributed by atoms with Gasteiger partial charge in [-0.05, 0) is 55.8 Å². The van der Waals surface area contributed by atoms with Crippen LogP contribution in [0.3, 0.4) is 0 Å². The molecule has 3 aromatic rings. The Bertz CT molecular complexity index is 1050. The van der Waals surface area contributed by atoms with Crippen LogP contribution < -0.4 is 10.1 Å². The summed E-state index contributed by atoms with van der Waals surface area (Å²) in [5, 5.41) is 12.4. The van der Waals surface area contributed by atoms with Gasteiger partial charge in [-0.2, -0.15) is 0 Å². The number of nitrogens with zero attached hydrogens (tertiary/aromatic N) is 2. The first-order chi connectivity index (χ1) is 14.4. The minimum atomic E-state index is -0.592. The lowest BCUT2D eigenvalue weighted by Gasteiger charge is -2.10. The van der Waals surface area contributed by atoms with Crippen LogP contribution in [0, 0.1) is 12.7 Å².